The van der Waals surface area contributed by atoms with Crippen LogP contribution in [0.2, 0.25) is 0 Å². The highest BCUT2D eigenvalue weighted by atomic mass is 16.3. The molecule has 0 aliphatic rings. The second-order valence-corrected chi connectivity index (χ2v) is 3.54. The van der Waals surface area contributed by atoms with Gasteiger partial charge in [0, 0.05) is 11.9 Å². The number of amides is 1. The Hall–Kier alpha value is -2.07. The van der Waals surface area contributed by atoms with Crippen LogP contribution in [0.1, 0.15) is 17.3 Å². The highest BCUT2D eigenvalue weighted by molar-refractivity contribution is 6.03. The van der Waals surface area contributed by atoms with Gasteiger partial charge in [-0.2, -0.15) is 0 Å². The summed E-state index contributed by atoms with van der Waals surface area (Å²) in [7, 11) is 0. The van der Waals surface area contributed by atoms with Crippen molar-refractivity contribution < 1.29 is 9.90 Å². The highest BCUT2D eigenvalue weighted by Crippen LogP contribution is 2.28. The summed E-state index contributed by atoms with van der Waals surface area (Å²) < 4.78 is 0. The van der Waals surface area contributed by atoms with Crippen molar-refractivity contribution >= 4 is 16.7 Å². The van der Waals surface area contributed by atoms with Crippen LogP contribution >= 0.6 is 0 Å². The first-order chi connectivity index (χ1) is 7.74. The molecule has 2 aromatic rings. The minimum atomic E-state index is -0.245. The van der Waals surface area contributed by atoms with Crippen molar-refractivity contribution in [2.45, 2.75) is 6.92 Å². The Morgan fingerprint density at radius 3 is 2.65 bits per heavy atom. The third kappa shape index (κ3) is 2.37. The van der Waals surface area contributed by atoms with E-state index in [1.54, 1.807) is 12.1 Å². The van der Waals surface area contributed by atoms with Crippen LogP contribution in [0.4, 0.5) is 0 Å². The van der Waals surface area contributed by atoms with Crippen LogP contribution in [0.15, 0.2) is 36.4 Å². The predicted octanol–water partition coefficient (Wildman–Crippen LogP) is 2.46. The Balaban J connectivity index is 0.00000144. The summed E-state index contributed by atoms with van der Waals surface area (Å²) >= 11 is 0. The molecule has 0 spiro atoms. The molecule has 0 heterocycles. The Bertz CT molecular complexity index is 538. The number of hydrogen-bond acceptors (Lipinski definition) is 3. The SMILES string of the molecule is CCNC(=O)c1ccc2ccccc2c1O.N. The third-order valence-electron chi connectivity index (χ3n) is 2.48. The molecule has 4 heteroatoms. The van der Waals surface area contributed by atoms with Gasteiger partial charge in [-0.3, -0.25) is 4.79 Å². The predicted molar refractivity (Wildman–Crippen MR) is 68.6 cm³/mol. The number of carbonyl (C=O) groups is 1. The summed E-state index contributed by atoms with van der Waals surface area (Å²) in [5, 5.41) is 14.3. The maximum absolute atomic E-state index is 11.6. The van der Waals surface area contributed by atoms with Crippen molar-refractivity contribution in [2.24, 2.45) is 0 Å². The molecule has 1 amide bonds. The molecule has 17 heavy (non-hydrogen) atoms. The van der Waals surface area contributed by atoms with Crippen LogP contribution in [0, 0.1) is 0 Å². The summed E-state index contributed by atoms with van der Waals surface area (Å²) in [5.41, 5.74) is 0.320. The van der Waals surface area contributed by atoms with Gasteiger partial charge < -0.3 is 16.6 Å². The van der Waals surface area contributed by atoms with Gasteiger partial charge in [-0.05, 0) is 18.4 Å². The van der Waals surface area contributed by atoms with Gasteiger partial charge in [0.15, 0.2) is 0 Å². The fraction of sp³-hybridized carbons (Fsp3) is 0.154. The molecule has 0 aliphatic carbocycles. The third-order valence-corrected chi connectivity index (χ3v) is 2.48. The van der Waals surface area contributed by atoms with Crippen molar-refractivity contribution in [2.75, 3.05) is 6.54 Å². The van der Waals surface area contributed by atoms with Gasteiger partial charge in [0.1, 0.15) is 5.75 Å². The number of rotatable bonds is 2. The van der Waals surface area contributed by atoms with Crippen molar-refractivity contribution in [3.8, 4) is 5.75 Å². The van der Waals surface area contributed by atoms with Crippen molar-refractivity contribution in [3.05, 3.63) is 42.0 Å². The standard InChI is InChI=1S/C13H13NO2.H3N/c1-2-14-13(16)11-8-7-9-5-3-4-6-10(9)12(11)15;/h3-8,15H,2H2,1H3,(H,14,16);1H3. The minimum absolute atomic E-state index is 0. The average Bonchev–Trinajstić information content (AvgIpc) is 2.30. The Morgan fingerprint density at radius 2 is 1.94 bits per heavy atom. The molecule has 90 valence electrons. The molecule has 0 bridgehead atoms. The second kappa shape index (κ2) is 5.32. The van der Waals surface area contributed by atoms with Gasteiger partial charge in [-0.1, -0.05) is 30.3 Å². The molecule has 0 saturated carbocycles. The second-order valence-electron chi connectivity index (χ2n) is 3.54. The van der Waals surface area contributed by atoms with Gasteiger partial charge >= 0.3 is 0 Å². The lowest BCUT2D eigenvalue weighted by atomic mass is 10.0. The maximum Gasteiger partial charge on any atom is 0.255 e. The largest absolute Gasteiger partial charge is 0.506 e. The van der Waals surface area contributed by atoms with Crippen molar-refractivity contribution in [3.63, 3.8) is 0 Å². The lowest BCUT2D eigenvalue weighted by molar-refractivity contribution is 0.0953. The lowest BCUT2D eigenvalue weighted by Gasteiger charge is -2.07. The van der Waals surface area contributed by atoms with E-state index in [0.717, 1.165) is 5.39 Å². The highest BCUT2D eigenvalue weighted by Gasteiger charge is 2.12. The molecule has 0 aromatic heterocycles. The van der Waals surface area contributed by atoms with Gasteiger partial charge in [-0.15, -0.1) is 0 Å². The molecule has 0 radical (unpaired) electrons. The van der Waals surface area contributed by atoms with Gasteiger partial charge in [0.25, 0.3) is 5.91 Å². The van der Waals surface area contributed by atoms with E-state index in [-0.39, 0.29) is 17.8 Å². The lowest BCUT2D eigenvalue weighted by Crippen LogP contribution is -2.22. The van der Waals surface area contributed by atoms with Gasteiger partial charge in [0.2, 0.25) is 0 Å². The molecule has 5 N–H and O–H groups in total. The average molecular weight is 232 g/mol. The van der Waals surface area contributed by atoms with E-state index in [9.17, 15) is 9.90 Å². The number of aromatic hydroxyl groups is 1. The summed E-state index contributed by atoms with van der Waals surface area (Å²) in [6.45, 7) is 2.39. The van der Waals surface area contributed by atoms with Gasteiger partial charge in [0.05, 0.1) is 5.56 Å². The number of benzene rings is 2. The van der Waals surface area contributed by atoms with E-state index in [1.165, 1.54) is 0 Å². The Kier molecular flexibility index (Phi) is 4.06. The summed E-state index contributed by atoms with van der Waals surface area (Å²) in [5.74, 6) is -0.199. The molecule has 0 fully saturated rings. The van der Waals surface area contributed by atoms with Crippen LogP contribution in [0.3, 0.4) is 0 Å². The van der Waals surface area contributed by atoms with Gasteiger partial charge in [-0.25, -0.2) is 0 Å². The van der Waals surface area contributed by atoms with Crippen LogP contribution in [-0.2, 0) is 0 Å². The topological polar surface area (TPSA) is 84.3 Å². The van der Waals surface area contributed by atoms with Crippen LogP contribution in [0.5, 0.6) is 5.75 Å². The summed E-state index contributed by atoms with van der Waals surface area (Å²) in [6.07, 6.45) is 0. The minimum Gasteiger partial charge on any atom is -0.506 e. The fourth-order valence-corrected chi connectivity index (χ4v) is 1.69. The smallest absolute Gasteiger partial charge is 0.255 e. The first-order valence-corrected chi connectivity index (χ1v) is 5.23. The Morgan fingerprint density at radius 1 is 1.24 bits per heavy atom. The molecule has 4 nitrogen and oxygen atoms in total. The van der Waals surface area contributed by atoms with Crippen LogP contribution in [-0.4, -0.2) is 17.6 Å². The van der Waals surface area contributed by atoms with Crippen LogP contribution < -0.4 is 11.5 Å². The molecular formula is C13H16N2O2. The summed E-state index contributed by atoms with van der Waals surface area (Å²) in [6, 6.07) is 10.9. The maximum atomic E-state index is 11.6. The zero-order valence-electron chi connectivity index (χ0n) is 9.73. The van der Waals surface area contributed by atoms with Crippen LogP contribution in [0.25, 0.3) is 10.8 Å². The van der Waals surface area contributed by atoms with E-state index in [1.807, 2.05) is 31.2 Å². The van der Waals surface area contributed by atoms with E-state index >= 15 is 0 Å². The monoisotopic (exact) mass is 232 g/mol. The van der Waals surface area contributed by atoms with E-state index < -0.39 is 0 Å². The molecule has 0 unspecified atom stereocenters. The first-order valence-electron chi connectivity index (χ1n) is 5.23. The van der Waals surface area contributed by atoms with E-state index in [2.05, 4.69) is 5.32 Å². The first kappa shape index (κ1) is 13.0. The number of carbonyl (C=O) groups excluding carboxylic acids is 1. The Labute approximate surface area is 99.8 Å². The number of phenols is 1. The number of hydrogen-bond donors (Lipinski definition) is 3. The van der Waals surface area contributed by atoms with E-state index in [0.29, 0.717) is 17.5 Å². The number of phenolic OH excluding ortho intramolecular Hbond substituents is 1. The number of nitrogens with one attached hydrogen (secondary N) is 1. The zero-order valence-corrected chi connectivity index (χ0v) is 9.73. The zero-order chi connectivity index (χ0) is 11.5. The normalized spacial score (nSPS) is 9.71. The molecule has 0 atom stereocenters. The van der Waals surface area contributed by atoms with Crippen molar-refractivity contribution in [1.82, 2.24) is 11.5 Å². The summed E-state index contributed by atoms with van der Waals surface area (Å²) in [4.78, 5) is 11.6. The molecule has 0 saturated heterocycles. The fourth-order valence-electron chi connectivity index (χ4n) is 1.69. The molecular weight excluding hydrogens is 216 g/mol. The quantitative estimate of drug-likeness (QED) is 0.743. The molecule has 2 aromatic carbocycles. The van der Waals surface area contributed by atoms with E-state index in [4.69, 9.17) is 0 Å². The molecule has 2 rings (SSSR count). The van der Waals surface area contributed by atoms with Crippen molar-refractivity contribution in [1.29, 1.82) is 0 Å². The number of fused-ring (bicyclic) bond motifs is 1. The molecule has 0 aliphatic heterocycles.